The summed E-state index contributed by atoms with van der Waals surface area (Å²) >= 11 is 0. The first-order valence-corrected chi connectivity index (χ1v) is 5.82. The van der Waals surface area contributed by atoms with E-state index in [1.807, 2.05) is 30.3 Å². The first-order chi connectivity index (χ1) is 8.67. The Morgan fingerprint density at radius 2 is 1.61 bits per heavy atom. The lowest BCUT2D eigenvalue weighted by Gasteiger charge is -2.12. The minimum absolute atomic E-state index is 0.682. The number of rotatable bonds is 2. The van der Waals surface area contributed by atoms with Crippen LogP contribution >= 0.6 is 0 Å². The molecule has 0 fully saturated rings. The Morgan fingerprint density at radius 3 is 2.17 bits per heavy atom. The third-order valence-electron chi connectivity index (χ3n) is 3.28. The average molecular weight is 237 g/mol. The van der Waals surface area contributed by atoms with E-state index in [0.717, 1.165) is 16.9 Å². The predicted octanol–water partition coefficient (Wildman–Crippen LogP) is 3.85. The van der Waals surface area contributed by atoms with Crippen molar-refractivity contribution in [1.82, 2.24) is 0 Å². The SMILES string of the molecule is COc1ccc(-c2ccc(C#N)cc2)c(C)c1C. The molecule has 2 nitrogen and oxygen atoms in total. The fourth-order valence-corrected chi connectivity index (χ4v) is 2.05. The zero-order valence-electron chi connectivity index (χ0n) is 10.8. The third-order valence-corrected chi connectivity index (χ3v) is 3.28. The molecular weight excluding hydrogens is 222 g/mol. The Hall–Kier alpha value is -2.27. The van der Waals surface area contributed by atoms with Gasteiger partial charge in [0.1, 0.15) is 5.75 Å². The molecule has 90 valence electrons. The van der Waals surface area contributed by atoms with Crippen molar-refractivity contribution in [2.24, 2.45) is 0 Å². The van der Waals surface area contributed by atoms with Crippen molar-refractivity contribution < 1.29 is 4.74 Å². The van der Waals surface area contributed by atoms with Crippen LogP contribution in [0.25, 0.3) is 11.1 Å². The molecule has 2 rings (SSSR count). The fraction of sp³-hybridized carbons (Fsp3) is 0.188. The van der Waals surface area contributed by atoms with E-state index >= 15 is 0 Å². The predicted molar refractivity (Wildman–Crippen MR) is 72.6 cm³/mol. The van der Waals surface area contributed by atoms with Gasteiger partial charge in [-0.3, -0.25) is 0 Å². The molecule has 18 heavy (non-hydrogen) atoms. The molecule has 0 aliphatic heterocycles. The van der Waals surface area contributed by atoms with Crippen LogP contribution in [-0.4, -0.2) is 7.11 Å². The van der Waals surface area contributed by atoms with Crippen LogP contribution in [-0.2, 0) is 0 Å². The largest absolute Gasteiger partial charge is 0.496 e. The highest BCUT2D eigenvalue weighted by molar-refractivity contribution is 5.70. The number of nitrogens with zero attached hydrogens (tertiary/aromatic N) is 1. The Balaban J connectivity index is 2.51. The summed E-state index contributed by atoms with van der Waals surface area (Å²) in [6, 6.07) is 13.8. The van der Waals surface area contributed by atoms with E-state index in [0.29, 0.717) is 5.56 Å². The summed E-state index contributed by atoms with van der Waals surface area (Å²) < 4.78 is 5.31. The highest BCUT2D eigenvalue weighted by Gasteiger charge is 2.08. The zero-order valence-corrected chi connectivity index (χ0v) is 10.8. The molecule has 0 aromatic heterocycles. The fourth-order valence-electron chi connectivity index (χ4n) is 2.05. The molecule has 0 amide bonds. The molecule has 0 N–H and O–H groups in total. The van der Waals surface area contributed by atoms with Crippen molar-refractivity contribution in [3.8, 4) is 22.9 Å². The van der Waals surface area contributed by atoms with Gasteiger partial charge in [-0.05, 0) is 54.3 Å². The van der Waals surface area contributed by atoms with Gasteiger partial charge in [-0.2, -0.15) is 5.26 Å². The number of methoxy groups -OCH3 is 1. The van der Waals surface area contributed by atoms with Gasteiger partial charge in [-0.15, -0.1) is 0 Å². The maximum atomic E-state index is 8.80. The van der Waals surface area contributed by atoms with Crippen LogP contribution in [0.2, 0.25) is 0 Å². The van der Waals surface area contributed by atoms with Crippen molar-refractivity contribution in [1.29, 1.82) is 5.26 Å². The summed E-state index contributed by atoms with van der Waals surface area (Å²) in [5, 5.41) is 8.80. The molecule has 0 heterocycles. The molecule has 0 bridgehead atoms. The third kappa shape index (κ3) is 2.08. The minimum atomic E-state index is 0.682. The van der Waals surface area contributed by atoms with Gasteiger partial charge in [-0.25, -0.2) is 0 Å². The van der Waals surface area contributed by atoms with Gasteiger partial charge in [0.15, 0.2) is 0 Å². The maximum Gasteiger partial charge on any atom is 0.122 e. The van der Waals surface area contributed by atoms with Crippen molar-refractivity contribution in [2.75, 3.05) is 7.11 Å². The van der Waals surface area contributed by atoms with Crippen molar-refractivity contribution in [3.63, 3.8) is 0 Å². The number of ether oxygens (including phenoxy) is 1. The Morgan fingerprint density at radius 1 is 0.944 bits per heavy atom. The van der Waals surface area contributed by atoms with Crippen LogP contribution in [0, 0.1) is 25.2 Å². The molecule has 0 aliphatic rings. The van der Waals surface area contributed by atoms with Gasteiger partial charge in [0, 0.05) is 0 Å². The minimum Gasteiger partial charge on any atom is -0.496 e. The molecular formula is C16H15NO. The Bertz CT molecular complexity index is 606. The molecule has 0 aliphatic carbocycles. The summed E-state index contributed by atoms with van der Waals surface area (Å²) in [4.78, 5) is 0. The molecule has 0 saturated heterocycles. The number of hydrogen-bond acceptors (Lipinski definition) is 2. The van der Waals surface area contributed by atoms with E-state index in [9.17, 15) is 0 Å². The summed E-state index contributed by atoms with van der Waals surface area (Å²) in [5.74, 6) is 0.907. The van der Waals surface area contributed by atoms with E-state index in [-0.39, 0.29) is 0 Å². The van der Waals surface area contributed by atoms with Crippen LogP contribution < -0.4 is 4.74 Å². The van der Waals surface area contributed by atoms with Gasteiger partial charge >= 0.3 is 0 Å². The second-order valence-electron chi connectivity index (χ2n) is 4.25. The quantitative estimate of drug-likeness (QED) is 0.794. The lowest BCUT2D eigenvalue weighted by molar-refractivity contribution is 0.411. The second kappa shape index (κ2) is 4.93. The van der Waals surface area contributed by atoms with Gasteiger partial charge < -0.3 is 4.74 Å². The van der Waals surface area contributed by atoms with Crippen molar-refractivity contribution in [3.05, 3.63) is 53.1 Å². The molecule has 2 aromatic rings. The van der Waals surface area contributed by atoms with E-state index in [2.05, 4.69) is 26.0 Å². The van der Waals surface area contributed by atoms with Gasteiger partial charge in [0.05, 0.1) is 18.7 Å². The van der Waals surface area contributed by atoms with Crippen LogP contribution in [0.1, 0.15) is 16.7 Å². The van der Waals surface area contributed by atoms with Crippen molar-refractivity contribution >= 4 is 0 Å². The van der Waals surface area contributed by atoms with E-state index in [1.54, 1.807) is 7.11 Å². The van der Waals surface area contributed by atoms with E-state index in [4.69, 9.17) is 10.00 Å². The molecule has 2 heteroatoms. The zero-order chi connectivity index (χ0) is 13.1. The Labute approximate surface area is 107 Å². The average Bonchev–Trinajstić information content (AvgIpc) is 2.42. The monoisotopic (exact) mass is 237 g/mol. The van der Waals surface area contributed by atoms with Crippen LogP contribution in [0.3, 0.4) is 0 Å². The molecule has 2 aromatic carbocycles. The summed E-state index contributed by atoms with van der Waals surface area (Å²) in [6.45, 7) is 4.15. The van der Waals surface area contributed by atoms with Gasteiger partial charge in [0.2, 0.25) is 0 Å². The highest BCUT2D eigenvalue weighted by atomic mass is 16.5. The van der Waals surface area contributed by atoms with Crippen LogP contribution in [0.5, 0.6) is 5.75 Å². The molecule has 0 saturated carbocycles. The van der Waals surface area contributed by atoms with E-state index < -0.39 is 0 Å². The second-order valence-corrected chi connectivity index (χ2v) is 4.25. The first kappa shape index (κ1) is 12.2. The first-order valence-electron chi connectivity index (χ1n) is 5.82. The van der Waals surface area contributed by atoms with Crippen LogP contribution in [0.4, 0.5) is 0 Å². The standard InChI is InChI=1S/C16H15NO/c1-11-12(2)16(18-3)9-8-15(11)14-6-4-13(10-17)5-7-14/h4-9H,1-3H3. The van der Waals surface area contributed by atoms with Crippen LogP contribution in [0.15, 0.2) is 36.4 Å². The highest BCUT2D eigenvalue weighted by Crippen LogP contribution is 2.30. The normalized spacial score (nSPS) is 9.89. The Kier molecular flexibility index (Phi) is 3.34. The van der Waals surface area contributed by atoms with Crippen molar-refractivity contribution in [2.45, 2.75) is 13.8 Å². The number of benzene rings is 2. The summed E-state index contributed by atoms with van der Waals surface area (Å²) in [6.07, 6.45) is 0. The number of hydrogen-bond donors (Lipinski definition) is 0. The van der Waals surface area contributed by atoms with E-state index in [1.165, 1.54) is 11.1 Å². The lowest BCUT2D eigenvalue weighted by atomic mass is 9.96. The topological polar surface area (TPSA) is 33.0 Å². The molecule has 0 spiro atoms. The molecule has 0 atom stereocenters. The number of nitriles is 1. The van der Waals surface area contributed by atoms with Gasteiger partial charge in [0.25, 0.3) is 0 Å². The summed E-state index contributed by atoms with van der Waals surface area (Å²) in [7, 11) is 1.68. The summed E-state index contributed by atoms with van der Waals surface area (Å²) in [5.41, 5.74) is 5.34. The molecule has 0 radical (unpaired) electrons. The smallest absolute Gasteiger partial charge is 0.122 e. The maximum absolute atomic E-state index is 8.80. The molecule has 0 unspecified atom stereocenters. The van der Waals surface area contributed by atoms with Gasteiger partial charge in [-0.1, -0.05) is 18.2 Å². The lowest BCUT2D eigenvalue weighted by Crippen LogP contribution is -1.93.